The van der Waals surface area contributed by atoms with Gasteiger partial charge in [0, 0.05) is 25.3 Å². The number of carbonyl (C=O) groups excluding carboxylic acids is 2. The number of aliphatic carboxylic acids is 1. The second-order valence-corrected chi connectivity index (χ2v) is 7.36. The molecule has 0 radical (unpaired) electrons. The van der Waals surface area contributed by atoms with E-state index < -0.39 is 17.4 Å². The Labute approximate surface area is 135 Å². The topological polar surface area (TPSA) is 77.9 Å². The molecule has 0 aromatic rings. The Morgan fingerprint density at radius 3 is 2.68 bits per heavy atom. The van der Waals surface area contributed by atoms with Crippen molar-refractivity contribution in [2.24, 2.45) is 5.41 Å². The van der Waals surface area contributed by atoms with Crippen molar-refractivity contribution in [1.29, 1.82) is 0 Å². The Morgan fingerprint density at radius 2 is 2.09 bits per heavy atom. The molecule has 0 aliphatic carbocycles. The maximum atomic E-state index is 12.7. The van der Waals surface area contributed by atoms with E-state index in [1.165, 1.54) is 0 Å². The zero-order valence-electron chi connectivity index (χ0n) is 13.2. The van der Waals surface area contributed by atoms with Gasteiger partial charge in [-0.05, 0) is 19.8 Å². The minimum absolute atomic E-state index is 0.0328. The van der Waals surface area contributed by atoms with Crippen molar-refractivity contribution in [3.05, 3.63) is 0 Å². The molecule has 22 heavy (non-hydrogen) atoms. The number of amides is 2. The second-order valence-electron chi connectivity index (χ2n) is 6.36. The fraction of sp³-hybridized carbons (Fsp3) is 0.800. The molecule has 2 rings (SSSR count). The van der Waals surface area contributed by atoms with Crippen molar-refractivity contribution in [2.75, 3.05) is 24.7 Å². The predicted molar refractivity (Wildman–Crippen MR) is 84.4 cm³/mol. The summed E-state index contributed by atoms with van der Waals surface area (Å²) in [6.45, 7) is 4.40. The third-order valence-corrected chi connectivity index (χ3v) is 5.55. The number of hydrogen-bond donors (Lipinski definition) is 1. The first-order chi connectivity index (χ1) is 10.4. The summed E-state index contributed by atoms with van der Waals surface area (Å²) in [6, 6.07) is -0.425. The summed E-state index contributed by atoms with van der Waals surface area (Å²) in [7, 11) is 0. The fourth-order valence-electron chi connectivity index (χ4n) is 2.90. The lowest BCUT2D eigenvalue weighted by Gasteiger charge is -2.28. The molecular weight excluding hydrogens is 304 g/mol. The second kappa shape index (κ2) is 6.89. The van der Waals surface area contributed by atoms with Gasteiger partial charge >= 0.3 is 5.97 Å². The number of carboxylic acids is 1. The van der Waals surface area contributed by atoms with Crippen molar-refractivity contribution >= 4 is 29.5 Å². The molecule has 2 saturated heterocycles. The molecule has 0 saturated carbocycles. The molecule has 1 N–H and O–H groups in total. The first-order valence-electron chi connectivity index (χ1n) is 7.78. The molecule has 2 fully saturated rings. The van der Waals surface area contributed by atoms with Crippen LogP contribution in [0.4, 0.5) is 0 Å². The summed E-state index contributed by atoms with van der Waals surface area (Å²) in [4.78, 5) is 39.5. The van der Waals surface area contributed by atoms with Crippen molar-refractivity contribution in [2.45, 2.75) is 45.6 Å². The highest BCUT2D eigenvalue weighted by atomic mass is 32.2. The number of carbonyl (C=O) groups is 3. The number of carboxylic acid groups (broad SMARTS) is 1. The van der Waals surface area contributed by atoms with Crippen LogP contribution >= 0.6 is 11.8 Å². The molecule has 2 aliphatic rings. The number of unbranched alkanes of at least 4 members (excludes halogenated alkanes) is 1. The zero-order chi connectivity index (χ0) is 16.3. The van der Waals surface area contributed by atoms with Gasteiger partial charge in [-0.25, -0.2) is 0 Å². The summed E-state index contributed by atoms with van der Waals surface area (Å²) < 4.78 is 0. The zero-order valence-corrected chi connectivity index (χ0v) is 14.0. The SMILES string of the molecule is CCCCC(=O)N1CSCC1C(=O)N1CCC(C)(C(=O)O)C1. The monoisotopic (exact) mass is 328 g/mol. The lowest BCUT2D eigenvalue weighted by atomic mass is 9.90. The number of rotatable bonds is 5. The number of likely N-dealkylation sites (tertiary alicyclic amines) is 1. The largest absolute Gasteiger partial charge is 0.481 e. The van der Waals surface area contributed by atoms with Gasteiger partial charge in [-0.1, -0.05) is 13.3 Å². The molecular formula is C15H24N2O4S. The van der Waals surface area contributed by atoms with Crippen molar-refractivity contribution in [1.82, 2.24) is 9.80 Å². The molecule has 2 amide bonds. The van der Waals surface area contributed by atoms with Gasteiger partial charge in [-0.2, -0.15) is 0 Å². The van der Waals surface area contributed by atoms with E-state index in [1.807, 2.05) is 6.92 Å². The molecule has 0 aromatic carbocycles. The highest BCUT2D eigenvalue weighted by molar-refractivity contribution is 7.99. The molecule has 0 spiro atoms. The van der Waals surface area contributed by atoms with Crippen LogP contribution in [0.5, 0.6) is 0 Å². The lowest BCUT2D eigenvalue weighted by molar-refractivity contribution is -0.148. The molecule has 2 aliphatic heterocycles. The quantitative estimate of drug-likeness (QED) is 0.825. The number of thioether (sulfide) groups is 1. The molecule has 0 aromatic heterocycles. The van der Waals surface area contributed by atoms with E-state index in [2.05, 4.69) is 0 Å². The van der Waals surface area contributed by atoms with E-state index >= 15 is 0 Å². The molecule has 2 unspecified atom stereocenters. The van der Waals surface area contributed by atoms with E-state index in [1.54, 1.807) is 28.5 Å². The average molecular weight is 328 g/mol. The Hall–Kier alpha value is -1.24. The van der Waals surface area contributed by atoms with Crippen molar-refractivity contribution in [3.8, 4) is 0 Å². The first kappa shape index (κ1) is 17.1. The first-order valence-corrected chi connectivity index (χ1v) is 8.94. The van der Waals surface area contributed by atoms with Gasteiger partial charge in [0.25, 0.3) is 0 Å². The van der Waals surface area contributed by atoms with Crippen LogP contribution in [0.1, 0.15) is 39.5 Å². The molecule has 0 bridgehead atoms. The van der Waals surface area contributed by atoms with Gasteiger partial charge in [0.15, 0.2) is 0 Å². The van der Waals surface area contributed by atoms with Crippen molar-refractivity contribution in [3.63, 3.8) is 0 Å². The molecule has 124 valence electrons. The van der Waals surface area contributed by atoms with Gasteiger partial charge in [0.05, 0.1) is 11.3 Å². The Balaban J connectivity index is 2.00. The Bertz CT molecular complexity index is 470. The Kier molecular flexibility index (Phi) is 5.36. The van der Waals surface area contributed by atoms with Gasteiger partial charge in [0.2, 0.25) is 11.8 Å². The summed E-state index contributed by atoms with van der Waals surface area (Å²) >= 11 is 1.59. The van der Waals surface area contributed by atoms with E-state index in [-0.39, 0.29) is 18.4 Å². The van der Waals surface area contributed by atoms with Crippen LogP contribution in [0, 0.1) is 5.41 Å². The summed E-state index contributed by atoms with van der Waals surface area (Å²) in [5, 5.41) is 9.27. The van der Waals surface area contributed by atoms with Crippen LogP contribution in [0.2, 0.25) is 0 Å². The predicted octanol–water partition coefficient (Wildman–Crippen LogP) is 1.40. The number of nitrogens with zero attached hydrogens (tertiary/aromatic N) is 2. The molecule has 2 heterocycles. The maximum absolute atomic E-state index is 12.7. The summed E-state index contributed by atoms with van der Waals surface area (Å²) in [5.41, 5.74) is -0.863. The lowest BCUT2D eigenvalue weighted by Crippen LogP contribution is -2.49. The van der Waals surface area contributed by atoms with Crippen LogP contribution in [-0.2, 0) is 14.4 Å². The van der Waals surface area contributed by atoms with Gasteiger partial charge in [0.1, 0.15) is 6.04 Å². The molecule has 7 heteroatoms. The summed E-state index contributed by atoms with van der Waals surface area (Å²) in [6.07, 6.45) is 2.74. The van der Waals surface area contributed by atoms with E-state index in [9.17, 15) is 19.5 Å². The normalized spacial score (nSPS) is 28.2. The molecule has 6 nitrogen and oxygen atoms in total. The van der Waals surface area contributed by atoms with Crippen LogP contribution in [0.25, 0.3) is 0 Å². The van der Waals surface area contributed by atoms with Crippen LogP contribution < -0.4 is 0 Å². The smallest absolute Gasteiger partial charge is 0.311 e. The van der Waals surface area contributed by atoms with E-state index in [4.69, 9.17) is 0 Å². The van der Waals surface area contributed by atoms with Crippen molar-refractivity contribution < 1.29 is 19.5 Å². The molecule has 2 atom stereocenters. The average Bonchev–Trinajstić information content (AvgIpc) is 3.11. The van der Waals surface area contributed by atoms with Crippen LogP contribution in [0.15, 0.2) is 0 Å². The van der Waals surface area contributed by atoms with E-state index in [0.717, 1.165) is 12.8 Å². The third-order valence-electron chi connectivity index (χ3n) is 4.53. The van der Waals surface area contributed by atoms with Gasteiger partial charge < -0.3 is 14.9 Å². The standard InChI is InChI=1S/C15H24N2O4S/c1-3-4-5-12(18)17-10-22-8-11(17)13(19)16-7-6-15(2,9-16)14(20)21/h11H,3-10H2,1-2H3,(H,20,21). The number of hydrogen-bond acceptors (Lipinski definition) is 4. The Morgan fingerprint density at radius 1 is 1.36 bits per heavy atom. The summed E-state index contributed by atoms with van der Waals surface area (Å²) in [5.74, 6) is 0.240. The minimum atomic E-state index is -0.863. The maximum Gasteiger partial charge on any atom is 0.311 e. The fourth-order valence-corrected chi connectivity index (χ4v) is 4.07. The van der Waals surface area contributed by atoms with Crippen LogP contribution in [0.3, 0.4) is 0 Å². The highest BCUT2D eigenvalue weighted by Gasteiger charge is 2.45. The van der Waals surface area contributed by atoms with Crippen LogP contribution in [-0.4, -0.2) is 63.5 Å². The van der Waals surface area contributed by atoms with Gasteiger partial charge in [-0.15, -0.1) is 11.8 Å². The van der Waals surface area contributed by atoms with Gasteiger partial charge in [-0.3, -0.25) is 14.4 Å². The minimum Gasteiger partial charge on any atom is -0.481 e. The van der Waals surface area contributed by atoms with E-state index in [0.29, 0.717) is 31.0 Å². The highest BCUT2D eigenvalue weighted by Crippen LogP contribution is 2.32. The third kappa shape index (κ3) is 3.39.